The average Bonchev–Trinajstić information content (AvgIpc) is 2.46. The summed E-state index contributed by atoms with van der Waals surface area (Å²) in [6, 6.07) is 7.63. The average molecular weight is 323 g/mol. The maximum Gasteiger partial charge on any atom is 0.122 e. The predicted octanol–water partition coefficient (Wildman–Crippen LogP) is 1.99. The fourth-order valence-electron chi connectivity index (χ4n) is 1.88. The van der Waals surface area contributed by atoms with Crippen molar-refractivity contribution in [1.82, 2.24) is 15.4 Å². The van der Waals surface area contributed by atoms with Crippen LogP contribution in [-0.4, -0.2) is 17.1 Å². The second-order valence-electron chi connectivity index (χ2n) is 4.01. The fourth-order valence-corrected chi connectivity index (χ4v) is 2.29. The number of nitrogens with zero attached hydrogens (tertiary/aromatic N) is 2. The van der Waals surface area contributed by atoms with Crippen molar-refractivity contribution in [2.24, 2.45) is 5.84 Å². The number of aromatic nitrogens is 2. The molecule has 1 aromatic carbocycles. The van der Waals surface area contributed by atoms with Gasteiger partial charge in [0.25, 0.3) is 0 Å². The van der Waals surface area contributed by atoms with Crippen LogP contribution in [0.15, 0.2) is 41.3 Å². The quantitative estimate of drug-likeness (QED) is 0.650. The molecule has 0 bridgehead atoms. The Bertz CT molecular complexity index is 535. The Morgan fingerprint density at radius 3 is 2.89 bits per heavy atom. The van der Waals surface area contributed by atoms with Crippen LogP contribution in [0.5, 0.6) is 5.75 Å². The van der Waals surface area contributed by atoms with Crippen molar-refractivity contribution in [3.63, 3.8) is 0 Å². The molecule has 2 rings (SSSR count). The molecule has 0 aliphatic heterocycles. The van der Waals surface area contributed by atoms with Gasteiger partial charge in [-0.05, 0) is 36.2 Å². The highest BCUT2D eigenvalue weighted by Gasteiger charge is 2.14. The number of nitrogens with two attached hydrogens (primary N) is 1. The van der Waals surface area contributed by atoms with E-state index in [-0.39, 0.29) is 6.04 Å². The van der Waals surface area contributed by atoms with Crippen LogP contribution >= 0.6 is 15.9 Å². The van der Waals surface area contributed by atoms with Crippen molar-refractivity contribution >= 4 is 15.9 Å². The van der Waals surface area contributed by atoms with Gasteiger partial charge in [-0.3, -0.25) is 11.3 Å². The third kappa shape index (κ3) is 3.50. The molecule has 0 radical (unpaired) electrons. The summed E-state index contributed by atoms with van der Waals surface area (Å²) >= 11 is 3.46. The first-order valence-electron chi connectivity index (χ1n) is 5.79. The predicted molar refractivity (Wildman–Crippen MR) is 76.5 cm³/mol. The van der Waals surface area contributed by atoms with Crippen molar-refractivity contribution in [3.05, 3.63) is 52.5 Å². The number of hydrazine groups is 1. The van der Waals surface area contributed by atoms with Gasteiger partial charge in [0.2, 0.25) is 0 Å². The van der Waals surface area contributed by atoms with Gasteiger partial charge in [-0.15, -0.1) is 0 Å². The number of hydrogen-bond donors (Lipinski definition) is 2. The molecule has 0 fully saturated rings. The minimum Gasteiger partial charge on any atom is -0.496 e. The number of rotatable bonds is 5. The molecule has 2 aromatic rings. The lowest BCUT2D eigenvalue weighted by Gasteiger charge is -2.17. The largest absolute Gasteiger partial charge is 0.496 e. The molecule has 1 unspecified atom stereocenters. The van der Waals surface area contributed by atoms with Crippen LogP contribution in [0, 0.1) is 0 Å². The third-order valence-corrected chi connectivity index (χ3v) is 3.32. The van der Waals surface area contributed by atoms with Crippen molar-refractivity contribution in [2.75, 3.05) is 7.11 Å². The molecule has 0 saturated heterocycles. The van der Waals surface area contributed by atoms with E-state index in [1.807, 2.05) is 24.3 Å². The third-order valence-electron chi connectivity index (χ3n) is 2.83. The zero-order chi connectivity index (χ0) is 13.7. The molecule has 5 nitrogen and oxygen atoms in total. The Balaban J connectivity index is 2.26. The summed E-state index contributed by atoms with van der Waals surface area (Å²) in [6.07, 6.45) is 3.89. The van der Waals surface area contributed by atoms with Crippen LogP contribution in [0.1, 0.15) is 17.3 Å². The molecule has 1 aromatic heterocycles. The molecule has 0 amide bonds. The van der Waals surface area contributed by atoms with Gasteiger partial charge in [-0.2, -0.15) is 0 Å². The summed E-state index contributed by atoms with van der Waals surface area (Å²) in [4.78, 5) is 8.12. The maximum absolute atomic E-state index is 5.62. The second kappa shape index (κ2) is 6.60. The number of benzene rings is 1. The van der Waals surface area contributed by atoms with Gasteiger partial charge < -0.3 is 4.74 Å². The monoisotopic (exact) mass is 322 g/mol. The molecule has 1 heterocycles. The maximum atomic E-state index is 5.62. The molecular formula is C13H15BrN4O. The zero-order valence-corrected chi connectivity index (χ0v) is 12.1. The number of ether oxygens (including phenoxy) is 1. The minimum atomic E-state index is -0.0915. The zero-order valence-electron chi connectivity index (χ0n) is 10.5. The Morgan fingerprint density at radius 2 is 2.26 bits per heavy atom. The van der Waals surface area contributed by atoms with E-state index < -0.39 is 0 Å². The van der Waals surface area contributed by atoms with Crippen molar-refractivity contribution in [1.29, 1.82) is 0 Å². The van der Waals surface area contributed by atoms with E-state index in [1.54, 1.807) is 13.3 Å². The molecule has 100 valence electrons. The Labute approximate surface area is 120 Å². The molecule has 0 aliphatic rings. The summed E-state index contributed by atoms with van der Waals surface area (Å²) in [5.74, 6) is 6.45. The van der Waals surface area contributed by atoms with Crippen LogP contribution in [0.4, 0.5) is 0 Å². The van der Waals surface area contributed by atoms with Gasteiger partial charge in [0.05, 0.1) is 18.8 Å². The normalized spacial score (nSPS) is 12.2. The molecule has 3 N–H and O–H groups in total. The van der Waals surface area contributed by atoms with Gasteiger partial charge in [0, 0.05) is 10.7 Å². The smallest absolute Gasteiger partial charge is 0.122 e. The van der Waals surface area contributed by atoms with Crippen LogP contribution in [0.25, 0.3) is 0 Å². The first kappa shape index (κ1) is 13.9. The van der Waals surface area contributed by atoms with E-state index in [4.69, 9.17) is 10.6 Å². The SMILES string of the molecule is COc1ccc(Br)cc1CC(NN)c1ccncn1. The first-order valence-corrected chi connectivity index (χ1v) is 6.58. The summed E-state index contributed by atoms with van der Waals surface area (Å²) in [5, 5.41) is 0. The van der Waals surface area contributed by atoms with E-state index >= 15 is 0 Å². The van der Waals surface area contributed by atoms with Crippen LogP contribution in [-0.2, 0) is 6.42 Å². The number of methoxy groups -OCH3 is 1. The lowest BCUT2D eigenvalue weighted by molar-refractivity contribution is 0.405. The Kier molecular flexibility index (Phi) is 4.84. The molecule has 19 heavy (non-hydrogen) atoms. The lowest BCUT2D eigenvalue weighted by Crippen LogP contribution is -2.30. The van der Waals surface area contributed by atoms with Crippen molar-refractivity contribution in [2.45, 2.75) is 12.5 Å². The van der Waals surface area contributed by atoms with Crippen LogP contribution in [0.2, 0.25) is 0 Å². The summed E-state index contributed by atoms with van der Waals surface area (Å²) in [6.45, 7) is 0. The highest BCUT2D eigenvalue weighted by molar-refractivity contribution is 9.10. The topological polar surface area (TPSA) is 73.1 Å². The number of hydrogen-bond acceptors (Lipinski definition) is 5. The Hall–Kier alpha value is -1.50. The van der Waals surface area contributed by atoms with Gasteiger partial charge in [-0.25, -0.2) is 9.97 Å². The minimum absolute atomic E-state index is 0.0915. The van der Waals surface area contributed by atoms with Crippen molar-refractivity contribution < 1.29 is 4.74 Å². The molecular weight excluding hydrogens is 308 g/mol. The fraction of sp³-hybridized carbons (Fsp3) is 0.231. The van der Waals surface area contributed by atoms with Gasteiger partial charge in [0.1, 0.15) is 12.1 Å². The lowest BCUT2D eigenvalue weighted by atomic mass is 10.0. The molecule has 1 atom stereocenters. The standard InChI is InChI=1S/C13H15BrN4O/c1-19-13-3-2-10(14)6-9(13)7-12(18-15)11-4-5-16-8-17-11/h2-6,8,12,18H,7,15H2,1H3. The van der Waals surface area contributed by atoms with E-state index in [9.17, 15) is 0 Å². The summed E-state index contributed by atoms with van der Waals surface area (Å²) < 4.78 is 6.36. The van der Waals surface area contributed by atoms with Crippen LogP contribution in [0.3, 0.4) is 0 Å². The van der Waals surface area contributed by atoms with Crippen LogP contribution < -0.4 is 16.0 Å². The van der Waals surface area contributed by atoms with E-state index in [1.165, 1.54) is 6.33 Å². The first-order chi connectivity index (χ1) is 9.24. The Morgan fingerprint density at radius 1 is 1.42 bits per heavy atom. The number of nitrogens with one attached hydrogen (secondary N) is 1. The van der Waals surface area contributed by atoms with Gasteiger partial charge in [-0.1, -0.05) is 15.9 Å². The number of halogens is 1. The van der Waals surface area contributed by atoms with E-state index in [0.29, 0.717) is 6.42 Å². The molecule has 6 heteroatoms. The summed E-state index contributed by atoms with van der Waals surface area (Å²) in [7, 11) is 1.66. The van der Waals surface area contributed by atoms with Crippen molar-refractivity contribution in [3.8, 4) is 5.75 Å². The van der Waals surface area contributed by atoms with E-state index in [0.717, 1.165) is 21.5 Å². The molecule has 0 aliphatic carbocycles. The highest BCUT2D eigenvalue weighted by atomic mass is 79.9. The van der Waals surface area contributed by atoms with E-state index in [2.05, 4.69) is 31.3 Å². The highest BCUT2D eigenvalue weighted by Crippen LogP contribution is 2.27. The second-order valence-corrected chi connectivity index (χ2v) is 4.93. The molecule has 0 saturated carbocycles. The van der Waals surface area contributed by atoms with Gasteiger partial charge >= 0.3 is 0 Å². The molecule has 0 spiro atoms. The van der Waals surface area contributed by atoms with Gasteiger partial charge in [0.15, 0.2) is 0 Å². The summed E-state index contributed by atoms with van der Waals surface area (Å²) in [5.41, 5.74) is 4.68.